The van der Waals surface area contributed by atoms with Crippen molar-refractivity contribution in [1.82, 2.24) is 4.83 Å². The van der Waals surface area contributed by atoms with Crippen LogP contribution in [0.3, 0.4) is 0 Å². The minimum Gasteiger partial charge on any atom is -0.504 e. The Labute approximate surface area is 141 Å². The van der Waals surface area contributed by atoms with Gasteiger partial charge < -0.3 is 9.84 Å². The predicted molar refractivity (Wildman–Crippen MR) is 93.0 cm³/mol. The van der Waals surface area contributed by atoms with Crippen LogP contribution in [0.25, 0.3) is 0 Å². The third kappa shape index (κ3) is 4.26. The minimum absolute atomic E-state index is 0.105. The SMILES string of the molecule is CCCc1ccc(S(=O)(=O)N/N=C/c2cccc(OC)c2O)cc1. The van der Waals surface area contributed by atoms with Crippen molar-refractivity contribution in [3.8, 4) is 11.5 Å². The number of aryl methyl sites for hydroxylation is 1. The number of ether oxygens (including phenoxy) is 1. The molecule has 0 saturated heterocycles. The highest BCUT2D eigenvalue weighted by atomic mass is 32.2. The number of hydrogen-bond donors (Lipinski definition) is 2. The van der Waals surface area contributed by atoms with E-state index in [1.165, 1.54) is 13.3 Å². The number of nitrogens with one attached hydrogen (secondary N) is 1. The predicted octanol–water partition coefficient (Wildman–Crippen LogP) is 2.67. The molecule has 0 bridgehead atoms. The van der Waals surface area contributed by atoms with Gasteiger partial charge in [0.1, 0.15) is 0 Å². The number of rotatable bonds is 7. The Kier molecular flexibility index (Phi) is 5.81. The third-order valence-electron chi connectivity index (χ3n) is 3.40. The highest BCUT2D eigenvalue weighted by molar-refractivity contribution is 7.89. The lowest BCUT2D eigenvalue weighted by Crippen LogP contribution is -2.18. The normalized spacial score (nSPS) is 11.6. The van der Waals surface area contributed by atoms with Crippen molar-refractivity contribution in [3.05, 3.63) is 53.6 Å². The number of nitrogens with zero attached hydrogens (tertiary/aromatic N) is 1. The van der Waals surface area contributed by atoms with Crippen LogP contribution >= 0.6 is 0 Å². The van der Waals surface area contributed by atoms with Crippen LogP contribution in [0.1, 0.15) is 24.5 Å². The molecule has 24 heavy (non-hydrogen) atoms. The standard InChI is InChI=1S/C17H20N2O4S/c1-3-5-13-8-10-15(11-9-13)24(21,22)19-18-12-14-6-4-7-16(23-2)17(14)20/h4,6-12,19-20H,3,5H2,1-2H3/b18-12+. The van der Waals surface area contributed by atoms with Crippen molar-refractivity contribution < 1.29 is 18.3 Å². The first-order valence-corrected chi connectivity index (χ1v) is 8.96. The first kappa shape index (κ1) is 17.8. The van der Waals surface area contributed by atoms with Crippen molar-refractivity contribution in [2.24, 2.45) is 5.10 Å². The molecule has 2 rings (SSSR count). The van der Waals surface area contributed by atoms with Crippen LogP contribution in [-0.2, 0) is 16.4 Å². The Morgan fingerprint density at radius 2 is 1.92 bits per heavy atom. The topological polar surface area (TPSA) is 88.0 Å². The summed E-state index contributed by atoms with van der Waals surface area (Å²) < 4.78 is 29.4. The van der Waals surface area contributed by atoms with Crippen LogP contribution in [0.2, 0.25) is 0 Å². The maximum Gasteiger partial charge on any atom is 0.276 e. The number of hydrazone groups is 1. The average molecular weight is 348 g/mol. The lowest BCUT2D eigenvalue weighted by Gasteiger charge is -2.06. The molecule has 0 heterocycles. The fourth-order valence-electron chi connectivity index (χ4n) is 2.15. The molecule has 0 atom stereocenters. The number of phenols is 1. The van der Waals surface area contributed by atoms with Gasteiger partial charge in [-0.25, -0.2) is 4.83 Å². The molecule has 7 heteroatoms. The molecule has 0 amide bonds. The highest BCUT2D eigenvalue weighted by Crippen LogP contribution is 2.27. The first-order valence-electron chi connectivity index (χ1n) is 7.47. The lowest BCUT2D eigenvalue weighted by molar-refractivity contribution is 0.373. The molecule has 2 aromatic carbocycles. The number of aromatic hydroxyl groups is 1. The quantitative estimate of drug-likeness (QED) is 0.595. The zero-order valence-corrected chi connectivity index (χ0v) is 14.4. The van der Waals surface area contributed by atoms with Crippen molar-refractivity contribution in [2.45, 2.75) is 24.7 Å². The Hall–Kier alpha value is -2.54. The molecule has 0 aliphatic rings. The summed E-state index contributed by atoms with van der Waals surface area (Å²) in [6, 6.07) is 11.5. The summed E-state index contributed by atoms with van der Waals surface area (Å²) in [5.74, 6) is 0.181. The molecule has 0 radical (unpaired) electrons. The van der Waals surface area contributed by atoms with Gasteiger partial charge in [-0.1, -0.05) is 31.5 Å². The van der Waals surface area contributed by atoms with Crippen molar-refractivity contribution in [1.29, 1.82) is 0 Å². The van der Waals surface area contributed by atoms with E-state index in [2.05, 4.69) is 16.9 Å². The number of para-hydroxylation sites is 1. The van der Waals surface area contributed by atoms with Crippen LogP contribution in [0, 0.1) is 0 Å². The maximum absolute atomic E-state index is 12.2. The van der Waals surface area contributed by atoms with E-state index in [1.54, 1.807) is 42.5 Å². The summed E-state index contributed by atoms with van der Waals surface area (Å²) in [7, 11) is -2.32. The first-order chi connectivity index (χ1) is 11.5. The van der Waals surface area contributed by atoms with Gasteiger partial charge in [0.15, 0.2) is 11.5 Å². The molecule has 2 N–H and O–H groups in total. The summed E-state index contributed by atoms with van der Waals surface area (Å²) in [6.45, 7) is 2.06. The fourth-order valence-corrected chi connectivity index (χ4v) is 2.94. The molecule has 0 spiro atoms. The molecule has 0 fully saturated rings. The van der Waals surface area contributed by atoms with Crippen molar-refractivity contribution in [3.63, 3.8) is 0 Å². The van der Waals surface area contributed by atoms with Gasteiger partial charge in [-0.2, -0.15) is 13.5 Å². The van der Waals surface area contributed by atoms with Gasteiger partial charge in [-0.05, 0) is 36.2 Å². The van der Waals surface area contributed by atoms with E-state index in [-0.39, 0.29) is 16.4 Å². The number of phenolic OH excluding ortho intramolecular Hbond substituents is 1. The van der Waals surface area contributed by atoms with E-state index >= 15 is 0 Å². The zero-order valence-electron chi connectivity index (χ0n) is 13.6. The van der Waals surface area contributed by atoms with Crippen LogP contribution in [-0.4, -0.2) is 26.8 Å². The largest absolute Gasteiger partial charge is 0.504 e. The van der Waals surface area contributed by atoms with Gasteiger partial charge in [0, 0.05) is 5.56 Å². The fraction of sp³-hybridized carbons (Fsp3) is 0.235. The molecule has 0 aromatic heterocycles. The molecule has 128 valence electrons. The van der Waals surface area contributed by atoms with Gasteiger partial charge >= 0.3 is 0 Å². The van der Waals surface area contributed by atoms with E-state index in [0.717, 1.165) is 18.4 Å². The van der Waals surface area contributed by atoms with Crippen LogP contribution < -0.4 is 9.57 Å². The highest BCUT2D eigenvalue weighted by Gasteiger charge is 2.12. The van der Waals surface area contributed by atoms with Crippen LogP contribution in [0.4, 0.5) is 0 Å². The molecule has 0 unspecified atom stereocenters. The third-order valence-corrected chi connectivity index (χ3v) is 4.64. The van der Waals surface area contributed by atoms with Gasteiger partial charge in [0.2, 0.25) is 0 Å². The van der Waals surface area contributed by atoms with Crippen LogP contribution in [0.5, 0.6) is 11.5 Å². The van der Waals surface area contributed by atoms with E-state index in [1.807, 2.05) is 0 Å². The second-order valence-electron chi connectivity index (χ2n) is 5.14. The van der Waals surface area contributed by atoms with Crippen molar-refractivity contribution >= 4 is 16.2 Å². The minimum atomic E-state index is -3.75. The second kappa shape index (κ2) is 7.83. The van der Waals surface area contributed by atoms with Gasteiger partial charge in [-0.15, -0.1) is 0 Å². The Morgan fingerprint density at radius 1 is 1.21 bits per heavy atom. The zero-order chi connectivity index (χ0) is 17.6. The molecular weight excluding hydrogens is 328 g/mol. The van der Waals surface area contributed by atoms with Gasteiger partial charge in [-0.3, -0.25) is 0 Å². The summed E-state index contributed by atoms with van der Waals surface area (Å²) in [5.41, 5.74) is 1.43. The number of benzene rings is 2. The van der Waals surface area contributed by atoms with E-state index < -0.39 is 10.0 Å². The smallest absolute Gasteiger partial charge is 0.276 e. The molecular formula is C17H20N2O4S. The number of sulfonamides is 1. The Bertz CT molecular complexity index is 815. The Balaban J connectivity index is 2.12. The molecule has 0 saturated carbocycles. The number of hydrogen-bond acceptors (Lipinski definition) is 5. The average Bonchev–Trinajstić information content (AvgIpc) is 2.57. The second-order valence-corrected chi connectivity index (χ2v) is 6.81. The van der Waals surface area contributed by atoms with E-state index in [9.17, 15) is 13.5 Å². The van der Waals surface area contributed by atoms with E-state index in [4.69, 9.17) is 4.74 Å². The molecule has 0 aliphatic carbocycles. The summed E-state index contributed by atoms with van der Waals surface area (Å²) >= 11 is 0. The summed E-state index contributed by atoms with van der Waals surface area (Å²) in [4.78, 5) is 2.26. The Morgan fingerprint density at radius 3 is 2.54 bits per heavy atom. The molecule has 2 aromatic rings. The van der Waals surface area contributed by atoms with Gasteiger partial charge in [0.25, 0.3) is 10.0 Å². The summed E-state index contributed by atoms with van der Waals surface area (Å²) in [5, 5.41) is 13.6. The van der Waals surface area contributed by atoms with Gasteiger partial charge in [0.05, 0.1) is 18.2 Å². The monoisotopic (exact) mass is 348 g/mol. The van der Waals surface area contributed by atoms with Crippen LogP contribution in [0.15, 0.2) is 52.5 Å². The van der Waals surface area contributed by atoms with E-state index in [0.29, 0.717) is 5.56 Å². The lowest BCUT2D eigenvalue weighted by atomic mass is 10.1. The number of methoxy groups -OCH3 is 1. The molecule has 6 nitrogen and oxygen atoms in total. The van der Waals surface area contributed by atoms with Crippen molar-refractivity contribution in [2.75, 3.05) is 7.11 Å². The molecule has 0 aliphatic heterocycles. The maximum atomic E-state index is 12.2. The summed E-state index contributed by atoms with van der Waals surface area (Å²) in [6.07, 6.45) is 3.13.